The van der Waals surface area contributed by atoms with Crippen LogP contribution in [0.25, 0.3) is 0 Å². The van der Waals surface area contributed by atoms with Crippen LogP contribution in [0, 0.1) is 5.92 Å². The third-order valence-corrected chi connectivity index (χ3v) is 3.22. The summed E-state index contributed by atoms with van der Waals surface area (Å²) in [6, 6.07) is 0.277. The highest BCUT2D eigenvalue weighted by atomic mass is 16.5. The average Bonchev–Trinajstić information content (AvgIpc) is 2.40. The molecular formula is C12H17N3O3. The van der Waals surface area contributed by atoms with E-state index >= 15 is 0 Å². The fourth-order valence-electron chi connectivity index (χ4n) is 2.08. The van der Waals surface area contributed by atoms with Crippen molar-refractivity contribution in [1.82, 2.24) is 9.97 Å². The quantitative estimate of drug-likeness (QED) is 0.841. The zero-order chi connectivity index (χ0) is 13.0. The van der Waals surface area contributed by atoms with E-state index < -0.39 is 5.97 Å². The SMILES string of the molecule is CC(Nc1cnc(C(=O)O)cn1)C1CCOCC1. The van der Waals surface area contributed by atoms with Crippen molar-refractivity contribution in [3.8, 4) is 0 Å². The van der Waals surface area contributed by atoms with Crippen molar-refractivity contribution in [2.45, 2.75) is 25.8 Å². The van der Waals surface area contributed by atoms with Gasteiger partial charge in [0.1, 0.15) is 5.82 Å². The molecule has 1 saturated heterocycles. The number of aromatic nitrogens is 2. The fraction of sp³-hybridized carbons (Fsp3) is 0.583. The Hall–Kier alpha value is -1.69. The lowest BCUT2D eigenvalue weighted by Gasteiger charge is -2.28. The van der Waals surface area contributed by atoms with E-state index in [2.05, 4.69) is 22.2 Å². The Morgan fingerprint density at radius 3 is 2.72 bits per heavy atom. The predicted octanol–water partition coefficient (Wildman–Crippen LogP) is 1.40. The molecule has 2 rings (SSSR count). The summed E-state index contributed by atoms with van der Waals surface area (Å²) in [5.41, 5.74) is -0.0423. The molecule has 0 saturated carbocycles. The Morgan fingerprint density at radius 1 is 1.44 bits per heavy atom. The summed E-state index contributed by atoms with van der Waals surface area (Å²) >= 11 is 0. The highest BCUT2D eigenvalue weighted by Gasteiger charge is 2.20. The molecular weight excluding hydrogens is 234 g/mol. The minimum absolute atomic E-state index is 0.0423. The first-order chi connectivity index (χ1) is 8.66. The van der Waals surface area contributed by atoms with Crippen LogP contribution in [0.4, 0.5) is 5.82 Å². The van der Waals surface area contributed by atoms with E-state index in [0.717, 1.165) is 26.1 Å². The summed E-state index contributed by atoms with van der Waals surface area (Å²) in [5.74, 6) is 0.102. The standard InChI is InChI=1S/C12H17N3O3/c1-8(9-2-4-18-5-3-9)15-11-7-13-10(6-14-11)12(16)17/h6-9H,2-5H2,1H3,(H,14,15)(H,16,17). The smallest absolute Gasteiger partial charge is 0.356 e. The molecule has 2 heterocycles. The van der Waals surface area contributed by atoms with Gasteiger partial charge < -0.3 is 15.2 Å². The highest BCUT2D eigenvalue weighted by Crippen LogP contribution is 2.20. The van der Waals surface area contributed by atoms with Gasteiger partial charge in [0.2, 0.25) is 0 Å². The van der Waals surface area contributed by atoms with Gasteiger partial charge in [0.05, 0.1) is 12.4 Å². The molecule has 2 N–H and O–H groups in total. The lowest BCUT2D eigenvalue weighted by atomic mass is 9.93. The number of carboxylic acid groups (broad SMARTS) is 1. The Balaban J connectivity index is 1.93. The number of hydrogen-bond donors (Lipinski definition) is 2. The highest BCUT2D eigenvalue weighted by molar-refractivity contribution is 5.84. The summed E-state index contributed by atoms with van der Waals surface area (Å²) in [5, 5.41) is 12.0. The summed E-state index contributed by atoms with van der Waals surface area (Å²) < 4.78 is 5.32. The molecule has 0 aromatic carbocycles. The lowest BCUT2D eigenvalue weighted by Crippen LogP contribution is -2.31. The molecule has 0 amide bonds. The van der Waals surface area contributed by atoms with Crippen LogP contribution >= 0.6 is 0 Å². The van der Waals surface area contributed by atoms with Crippen LogP contribution in [-0.2, 0) is 4.74 Å². The molecule has 18 heavy (non-hydrogen) atoms. The van der Waals surface area contributed by atoms with Crippen molar-refractivity contribution in [2.75, 3.05) is 18.5 Å². The van der Waals surface area contributed by atoms with Crippen LogP contribution in [0.15, 0.2) is 12.4 Å². The summed E-state index contributed by atoms with van der Waals surface area (Å²) in [6.45, 7) is 3.71. The van der Waals surface area contributed by atoms with Crippen molar-refractivity contribution < 1.29 is 14.6 Å². The van der Waals surface area contributed by atoms with E-state index in [9.17, 15) is 4.79 Å². The van der Waals surface area contributed by atoms with E-state index in [4.69, 9.17) is 9.84 Å². The van der Waals surface area contributed by atoms with Crippen molar-refractivity contribution in [2.24, 2.45) is 5.92 Å². The third-order valence-electron chi connectivity index (χ3n) is 3.22. The van der Waals surface area contributed by atoms with Crippen LogP contribution < -0.4 is 5.32 Å². The van der Waals surface area contributed by atoms with Crippen LogP contribution in [0.2, 0.25) is 0 Å². The second kappa shape index (κ2) is 5.77. The number of ether oxygens (including phenoxy) is 1. The molecule has 0 spiro atoms. The predicted molar refractivity (Wildman–Crippen MR) is 65.6 cm³/mol. The van der Waals surface area contributed by atoms with Gasteiger partial charge in [-0.3, -0.25) is 0 Å². The molecule has 0 radical (unpaired) electrons. The first-order valence-electron chi connectivity index (χ1n) is 6.06. The second-order valence-electron chi connectivity index (χ2n) is 4.47. The summed E-state index contributed by atoms with van der Waals surface area (Å²) in [4.78, 5) is 18.5. The van der Waals surface area contributed by atoms with Gasteiger partial charge in [0.15, 0.2) is 5.69 Å². The number of anilines is 1. The number of hydrogen-bond acceptors (Lipinski definition) is 5. The molecule has 6 nitrogen and oxygen atoms in total. The van der Waals surface area contributed by atoms with Crippen LogP contribution in [0.1, 0.15) is 30.3 Å². The fourth-order valence-corrected chi connectivity index (χ4v) is 2.08. The minimum atomic E-state index is -1.06. The van der Waals surface area contributed by atoms with Crippen LogP contribution in [-0.4, -0.2) is 40.3 Å². The maximum atomic E-state index is 10.6. The van der Waals surface area contributed by atoms with Gasteiger partial charge in [-0.1, -0.05) is 0 Å². The first kappa shape index (κ1) is 12.8. The maximum Gasteiger partial charge on any atom is 0.356 e. The van der Waals surface area contributed by atoms with E-state index in [0.29, 0.717) is 11.7 Å². The Bertz CT molecular complexity index is 402. The zero-order valence-electron chi connectivity index (χ0n) is 10.3. The normalized spacial score (nSPS) is 18.3. The van der Waals surface area contributed by atoms with Gasteiger partial charge in [-0.25, -0.2) is 14.8 Å². The second-order valence-corrected chi connectivity index (χ2v) is 4.47. The maximum absolute atomic E-state index is 10.6. The third kappa shape index (κ3) is 3.16. The van der Waals surface area contributed by atoms with E-state index in [1.807, 2.05) is 0 Å². The molecule has 1 unspecified atom stereocenters. The van der Waals surface area contributed by atoms with Gasteiger partial charge in [-0.2, -0.15) is 0 Å². The number of carboxylic acids is 1. The van der Waals surface area contributed by atoms with Crippen molar-refractivity contribution in [3.63, 3.8) is 0 Å². The number of nitrogens with one attached hydrogen (secondary N) is 1. The topological polar surface area (TPSA) is 84.3 Å². The molecule has 0 aliphatic carbocycles. The van der Waals surface area contributed by atoms with Gasteiger partial charge in [0, 0.05) is 19.3 Å². The molecule has 6 heteroatoms. The van der Waals surface area contributed by atoms with E-state index in [-0.39, 0.29) is 11.7 Å². The number of nitrogens with zero attached hydrogens (tertiary/aromatic N) is 2. The Labute approximate surface area is 105 Å². The van der Waals surface area contributed by atoms with Crippen molar-refractivity contribution in [1.29, 1.82) is 0 Å². The summed E-state index contributed by atoms with van der Waals surface area (Å²) in [7, 11) is 0. The van der Waals surface area contributed by atoms with Gasteiger partial charge >= 0.3 is 5.97 Å². The van der Waals surface area contributed by atoms with Crippen LogP contribution in [0.5, 0.6) is 0 Å². The number of carbonyl (C=O) groups is 1. The van der Waals surface area contributed by atoms with Crippen molar-refractivity contribution in [3.05, 3.63) is 18.1 Å². The molecule has 0 bridgehead atoms. The monoisotopic (exact) mass is 251 g/mol. The van der Waals surface area contributed by atoms with Crippen LogP contribution in [0.3, 0.4) is 0 Å². The average molecular weight is 251 g/mol. The van der Waals surface area contributed by atoms with Gasteiger partial charge in [0.25, 0.3) is 0 Å². The number of rotatable bonds is 4. The Kier molecular flexibility index (Phi) is 4.09. The van der Waals surface area contributed by atoms with E-state index in [1.54, 1.807) is 0 Å². The molecule has 98 valence electrons. The minimum Gasteiger partial charge on any atom is -0.476 e. The van der Waals surface area contributed by atoms with E-state index in [1.165, 1.54) is 12.4 Å². The van der Waals surface area contributed by atoms with Gasteiger partial charge in [-0.05, 0) is 25.7 Å². The van der Waals surface area contributed by atoms with Gasteiger partial charge in [-0.15, -0.1) is 0 Å². The zero-order valence-corrected chi connectivity index (χ0v) is 10.3. The molecule has 1 aliphatic rings. The largest absolute Gasteiger partial charge is 0.476 e. The lowest BCUT2D eigenvalue weighted by molar-refractivity contribution is 0.0621. The molecule has 1 atom stereocenters. The molecule has 1 aromatic heterocycles. The molecule has 1 aromatic rings. The Morgan fingerprint density at radius 2 is 2.17 bits per heavy atom. The summed E-state index contributed by atoms with van der Waals surface area (Å²) in [6.07, 6.45) is 4.80. The molecule has 1 aliphatic heterocycles. The first-order valence-corrected chi connectivity index (χ1v) is 6.06. The number of aromatic carboxylic acids is 1. The molecule has 1 fully saturated rings. The van der Waals surface area contributed by atoms with Crippen molar-refractivity contribution >= 4 is 11.8 Å².